The van der Waals surface area contributed by atoms with Gasteiger partial charge in [-0.25, -0.2) is 0 Å². The normalized spacial score (nSPS) is 11.2. The predicted molar refractivity (Wildman–Crippen MR) is 128 cm³/mol. The number of benzene rings is 4. The second kappa shape index (κ2) is 8.61. The Hall–Kier alpha value is -3.65. The maximum atomic E-state index is 14.3. The van der Waals surface area contributed by atoms with Crippen LogP contribution in [-0.2, 0) is 10.2 Å². The highest BCUT2D eigenvalue weighted by molar-refractivity contribution is 6.05. The van der Waals surface area contributed by atoms with Crippen molar-refractivity contribution in [2.24, 2.45) is 0 Å². The zero-order valence-corrected chi connectivity index (χ0v) is 18.2. The molecule has 0 aliphatic carbocycles. The van der Waals surface area contributed by atoms with Crippen LogP contribution in [0.5, 0.6) is 0 Å². The zero-order chi connectivity index (χ0) is 21.8. The van der Waals surface area contributed by atoms with Crippen LogP contribution in [0.15, 0.2) is 103 Å². The summed E-state index contributed by atoms with van der Waals surface area (Å²) in [4.78, 5) is 14.3. The van der Waals surface area contributed by atoms with Gasteiger partial charge < -0.3 is 5.32 Å². The van der Waals surface area contributed by atoms with Crippen molar-refractivity contribution in [3.05, 3.63) is 137 Å². The quantitative estimate of drug-likeness (QED) is 0.373. The van der Waals surface area contributed by atoms with Crippen molar-refractivity contribution in [1.82, 2.24) is 0 Å². The highest BCUT2D eigenvalue weighted by atomic mass is 16.2. The number of amides is 1. The lowest BCUT2D eigenvalue weighted by molar-refractivity contribution is -0.119. The number of nitrogens with one attached hydrogen (secondary N) is 1. The highest BCUT2D eigenvalue weighted by Gasteiger charge is 2.44. The van der Waals surface area contributed by atoms with Gasteiger partial charge in [-0.3, -0.25) is 4.79 Å². The van der Waals surface area contributed by atoms with Crippen LogP contribution in [0, 0.1) is 20.8 Å². The molecule has 4 rings (SSSR count). The fourth-order valence-corrected chi connectivity index (χ4v) is 4.54. The van der Waals surface area contributed by atoms with E-state index < -0.39 is 5.41 Å². The van der Waals surface area contributed by atoms with E-state index in [0.717, 1.165) is 33.5 Å². The second-order valence-electron chi connectivity index (χ2n) is 8.08. The van der Waals surface area contributed by atoms with Gasteiger partial charge in [0.05, 0.1) is 0 Å². The maximum absolute atomic E-state index is 14.3. The van der Waals surface area contributed by atoms with Crippen LogP contribution in [0.2, 0.25) is 0 Å². The molecule has 4 aromatic carbocycles. The van der Waals surface area contributed by atoms with Crippen molar-refractivity contribution in [1.29, 1.82) is 0 Å². The van der Waals surface area contributed by atoms with Gasteiger partial charge in [-0.2, -0.15) is 0 Å². The minimum Gasteiger partial charge on any atom is -0.324 e. The number of carbonyl (C=O) groups is 1. The molecule has 0 saturated heterocycles. The monoisotopic (exact) mass is 405 g/mol. The van der Waals surface area contributed by atoms with Gasteiger partial charge in [-0.1, -0.05) is 109 Å². The molecule has 0 heterocycles. The van der Waals surface area contributed by atoms with Crippen molar-refractivity contribution in [2.75, 3.05) is 5.32 Å². The summed E-state index contributed by atoms with van der Waals surface area (Å²) in [7, 11) is 0. The summed E-state index contributed by atoms with van der Waals surface area (Å²) in [5.74, 6) is -0.0637. The van der Waals surface area contributed by atoms with E-state index in [9.17, 15) is 4.79 Å². The first-order valence-corrected chi connectivity index (χ1v) is 10.6. The Morgan fingerprint density at radius 1 is 0.613 bits per heavy atom. The molecule has 0 aliphatic rings. The molecule has 0 aliphatic heterocycles. The van der Waals surface area contributed by atoms with Crippen LogP contribution >= 0.6 is 0 Å². The Kier molecular flexibility index (Phi) is 5.73. The standard InChI is InChI=1S/C29H27NO/c1-21-19-22(2)27(23(3)20-21)30-28(31)29(24-13-7-4-8-14-24,25-15-9-5-10-16-25)26-17-11-6-12-18-26/h4-20H,1-3H3,(H,30,31). The zero-order valence-electron chi connectivity index (χ0n) is 18.2. The lowest BCUT2D eigenvalue weighted by Gasteiger charge is -2.35. The van der Waals surface area contributed by atoms with Crippen LogP contribution in [0.4, 0.5) is 5.69 Å². The van der Waals surface area contributed by atoms with Crippen molar-refractivity contribution < 1.29 is 4.79 Å². The number of rotatable bonds is 5. The first-order chi connectivity index (χ1) is 15.0. The predicted octanol–water partition coefficient (Wildman–Crippen LogP) is 6.58. The molecule has 1 amide bonds. The number of aryl methyl sites for hydroxylation is 3. The Balaban J connectivity index is 1.98. The third kappa shape index (κ3) is 3.77. The Bertz CT molecular complexity index is 1060. The van der Waals surface area contributed by atoms with Crippen molar-refractivity contribution in [2.45, 2.75) is 26.2 Å². The summed E-state index contributed by atoms with van der Waals surface area (Å²) in [5, 5.41) is 3.30. The fourth-order valence-electron chi connectivity index (χ4n) is 4.54. The van der Waals surface area contributed by atoms with Crippen LogP contribution in [-0.4, -0.2) is 5.91 Å². The summed E-state index contributed by atoms with van der Waals surface area (Å²) in [5.41, 5.74) is 6.03. The molecule has 0 atom stereocenters. The van der Waals surface area contributed by atoms with E-state index in [4.69, 9.17) is 0 Å². The first kappa shape index (κ1) is 20.6. The lowest BCUT2D eigenvalue weighted by Crippen LogP contribution is -2.42. The average Bonchev–Trinajstić information content (AvgIpc) is 2.79. The fraction of sp³-hybridized carbons (Fsp3) is 0.138. The molecule has 0 bridgehead atoms. The average molecular weight is 406 g/mol. The highest BCUT2D eigenvalue weighted by Crippen LogP contribution is 2.40. The van der Waals surface area contributed by atoms with Crippen molar-refractivity contribution in [3.63, 3.8) is 0 Å². The summed E-state index contributed by atoms with van der Waals surface area (Å²) in [6.45, 7) is 6.17. The minimum absolute atomic E-state index is 0.0637. The van der Waals surface area contributed by atoms with Gasteiger partial charge in [0.1, 0.15) is 5.41 Å². The number of anilines is 1. The summed E-state index contributed by atoms with van der Waals surface area (Å²) in [6, 6.07) is 34.3. The number of hydrogen-bond acceptors (Lipinski definition) is 1. The smallest absolute Gasteiger partial charge is 0.244 e. The van der Waals surface area contributed by atoms with Crippen LogP contribution < -0.4 is 5.32 Å². The topological polar surface area (TPSA) is 29.1 Å². The van der Waals surface area contributed by atoms with E-state index in [1.165, 1.54) is 5.56 Å². The molecule has 0 spiro atoms. The Morgan fingerprint density at radius 3 is 1.32 bits per heavy atom. The van der Waals surface area contributed by atoms with E-state index in [1.807, 2.05) is 105 Å². The summed E-state index contributed by atoms with van der Waals surface area (Å²) in [6.07, 6.45) is 0. The van der Waals surface area contributed by atoms with E-state index in [0.29, 0.717) is 0 Å². The van der Waals surface area contributed by atoms with Gasteiger partial charge in [0.2, 0.25) is 5.91 Å². The molecular weight excluding hydrogens is 378 g/mol. The summed E-state index contributed by atoms with van der Waals surface area (Å²) >= 11 is 0. The van der Waals surface area contributed by atoms with Crippen molar-refractivity contribution >= 4 is 11.6 Å². The van der Waals surface area contributed by atoms with E-state index in [2.05, 4.69) is 24.4 Å². The molecule has 2 nitrogen and oxygen atoms in total. The van der Waals surface area contributed by atoms with Gasteiger partial charge in [0, 0.05) is 5.69 Å². The van der Waals surface area contributed by atoms with Crippen LogP contribution in [0.25, 0.3) is 0 Å². The molecule has 2 heteroatoms. The van der Waals surface area contributed by atoms with Gasteiger partial charge in [0.15, 0.2) is 0 Å². The molecule has 31 heavy (non-hydrogen) atoms. The minimum atomic E-state index is -0.979. The van der Waals surface area contributed by atoms with Crippen LogP contribution in [0.1, 0.15) is 33.4 Å². The molecule has 4 aromatic rings. The molecule has 0 unspecified atom stereocenters. The first-order valence-electron chi connectivity index (χ1n) is 10.6. The maximum Gasteiger partial charge on any atom is 0.244 e. The molecule has 0 saturated carbocycles. The molecule has 0 aromatic heterocycles. The Labute approximate surface area is 184 Å². The summed E-state index contributed by atoms with van der Waals surface area (Å²) < 4.78 is 0. The van der Waals surface area contributed by atoms with Crippen LogP contribution in [0.3, 0.4) is 0 Å². The second-order valence-corrected chi connectivity index (χ2v) is 8.08. The molecular formula is C29H27NO. The van der Waals surface area contributed by atoms with Gasteiger partial charge >= 0.3 is 0 Å². The molecule has 0 fully saturated rings. The van der Waals surface area contributed by atoms with Crippen molar-refractivity contribution in [3.8, 4) is 0 Å². The van der Waals surface area contributed by atoms with E-state index >= 15 is 0 Å². The number of carbonyl (C=O) groups excluding carboxylic acids is 1. The van der Waals surface area contributed by atoms with Gasteiger partial charge in [-0.05, 0) is 48.6 Å². The third-order valence-corrected chi connectivity index (χ3v) is 5.88. The lowest BCUT2D eigenvalue weighted by atomic mass is 9.68. The van der Waals surface area contributed by atoms with E-state index in [1.54, 1.807) is 0 Å². The molecule has 1 N–H and O–H groups in total. The largest absolute Gasteiger partial charge is 0.324 e. The Morgan fingerprint density at radius 2 is 0.968 bits per heavy atom. The molecule has 154 valence electrons. The third-order valence-electron chi connectivity index (χ3n) is 5.88. The SMILES string of the molecule is Cc1cc(C)c(NC(=O)C(c2ccccc2)(c2ccccc2)c2ccccc2)c(C)c1. The van der Waals surface area contributed by atoms with E-state index in [-0.39, 0.29) is 5.91 Å². The number of hydrogen-bond donors (Lipinski definition) is 1. The van der Waals surface area contributed by atoms with Gasteiger partial charge in [-0.15, -0.1) is 0 Å². The molecule has 0 radical (unpaired) electrons. The van der Waals surface area contributed by atoms with Gasteiger partial charge in [0.25, 0.3) is 0 Å².